The van der Waals surface area contributed by atoms with Gasteiger partial charge in [-0.1, -0.05) is 0 Å². The van der Waals surface area contributed by atoms with Crippen LogP contribution in [0.4, 0.5) is 0 Å². The highest BCUT2D eigenvalue weighted by molar-refractivity contribution is 5.02. The Hall–Kier alpha value is -0.540. The van der Waals surface area contributed by atoms with Crippen LogP contribution in [0.25, 0.3) is 0 Å². The molecule has 0 radical (unpaired) electrons. The van der Waals surface area contributed by atoms with Crippen molar-refractivity contribution >= 4 is 0 Å². The van der Waals surface area contributed by atoms with Crippen LogP contribution in [0.1, 0.15) is 32.6 Å². The molecule has 2 fully saturated rings. The zero-order valence-electron chi connectivity index (χ0n) is 9.41. The molecule has 2 aliphatic rings. The smallest absolute Gasteiger partial charge is 0.123 e. The molecule has 0 aromatic rings. The highest BCUT2D eigenvalue weighted by Crippen LogP contribution is 2.24. The SMILES string of the molecule is CC(OC=C1CCCC1)C1COCCO1. The number of rotatable bonds is 3. The van der Waals surface area contributed by atoms with Gasteiger partial charge in [-0.25, -0.2) is 0 Å². The molecule has 1 heterocycles. The van der Waals surface area contributed by atoms with E-state index in [0.717, 1.165) is 0 Å². The minimum atomic E-state index is 0.0944. The van der Waals surface area contributed by atoms with Gasteiger partial charge in [-0.3, -0.25) is 0 Å². The van der Waals surface area contributed by atoms with Crippen molar-refractivity contribution in [2.24, 2.45) is 0 Å². The van der Waals surface area contributed by atoms with Crippen LogP contribution >= 0.6 is 0 Å². The van der Waals surface area contributed by atoms with E-state index in [1.54, 1.807) is 0 Å². The lowest BCUT2D eigenvalue weighted by molar-refractivity contribution is -0.129. The summed E-state index contributed by atoms with van der Waals surface area (Å²) >= 11 is 0. The molecule has 0 aromatic heterocycles. The molecule has 0 amide bonds. The number of hydrogen-bond donors (Lipinski definition) is 0. The number of allylic oxidation sites excluding steroid dienone is 1. The third kappa shape index (κ3) is 3.21. The van der Waals surface area contributed by atoms with Crippen LogP contribution in [0.3, 0.4) is 0 Å². The first-order chi connectivity index (χ1) is 7.36. The summed E-state index contributed by atoms with van der Waals surface area (Å²) < 4.78 is 16.6. The summed E-state index contributed by atoms with van der Waals surface area (Å²) in [5, 5.41) is 0. The first kappa shape index (κ1) is 11.0. The summed E-state index contributed by atoms with van der Waals surface area (Å²) in [6.07, 6.45) is 7.16. The van der Waals surface area contributed by atoms with Gasteiger partial charge in [0, 0.05) is 0 Å². The lowest BCUT2D eigenvalue weighted by atomic mass is 10.2. The van der Waals surface area contributed by atoms with Crippen LogP contribution in [-0.2, 0) is 14.2 Å². The van der Waals surface area contributed by atoms with Crippen LogP contribution in [0.5, 0.6) is 0 Å². The van der Waals surface area contributed by atoms with Crippen molar-refractivity contribution in [2.45, 2.75) is 44.8 Å². The Kier molecular flexibility index (Phi) is 4.03. The van der Waals surface area contributed by atoms with E-state index in [0.29, 0.717) is 19.8 Å². The van der Waals surface area contributed by atoms with Crippen LogP contribution in [0, 0.1) is 0 Å². The number of hydrogen-bond acceptors (Lipinski definition) is 3. The van der Waals surface area contributed by atoms with Crippen LogP contribution in [-0.4, -0.2) is 32.0 Å². The highest BCUT2D eigenvalue weighted by atomic mass is 16.6. The lowest BCUT2D eigenvalue weighted by Crippen LogP contribution is -2.37. The Morgan fingerprint density at radius 1 is 1.33 bits per heavy atom. The molecular weight excluding hydrogens is 192 g/mol. The van der Waals surface area contributed by atoms with Crippen LogP contribution < -0.4 is 0 Å². The zero-order chi connectivity index (χ0) is 10.5. The van der Waals surface area contributed by atoms with Gasteiger partial charge in [-0.2, -0.15) is 0 Å². The first-order valence-electron chi connectivity index (χ1n) is 5.89. The molecule has 3 heteroatoms. The molecule has 1 aliphatic heterocycles. The van der Waals surface area contributed by atoms with E-state index < -0.39 is 0 Å². The molecule has 0 aromatic carbocycles. The van der Waals surface area contributed by atoms with Crippen molar-refractivity contribution in [1.82, 2.24) is 0 Å². The maximum atomic E-state index is 5.70. The van der Waals surface area contributed by atoms with Crippen molar-refractivity contribution in [3.63, 3.8) is 0 Å². The molecule has 1 aliphatic carbocycles. The molecule has 0 N–H and O–H groups in total. The Balaban J connectivity index is 1.75. The molecule has 3 nitrogen and oxygen atoms in total. The molecule has 15 heavy (non-hydrogen) atoms. The second kappa shape index (κ2) is 5.52. The fraction of sp³-hybridized carbons (Fsp3) is 0.833. The van der Waals surface area contributed by atoms with E-state index in [1.165, 1.54) is 31.3 Å². The summed E-state index contributed by atoms with van der Waals surface area (Å²) in [5.74, 6) is 0. The second-order valence-corrected chi connectivity index (χ2v) is 4.31. The third-order valence-electron chi connectivity index (χ3n) is 3.06. The average Bonchev–Trinajstić information content (AvgIpc) is 2.80. The monoisotopic (exact) mass is 212 g/mol. The van der Waals surface area contributed by atoms with Gasteiger partial charge in [0.25, 0.3) is 0 Å². The quantitative estimate of drug-likeness (QED) is 0.672. The minimum Gasteiger partial charge on any atom is -0.496 e. The topological polar surface area (TPSA) is 27.7 Å². The zero-order valence-corrected chi connectivity index (χ0v) is 9.41. The number of ether oxygens (including phenoxy) is 3. The van der Waals surface area contributed by atoms with Crippen LogP contribution in [0.2, 0.25) is 0 Å². The summed E-state index contributed by atoms with van der Waals surface area (Å²) in [6, 6.07) is 0. The maximum absolute atomic E-state index is 5.70. The Morgan fingerprint density at radius 3 is 2.80 bits per heavy atom. The van der Waals surface area contributed by atoms with Crippen molar-refractivity contribution < 1.29 is 14.2 Å². The highest BCUT2D eigenvalue weighted by Gasteiger charge is 2.22. The van der Waals surface area contributed by atoms with Crippen molar-refractivity contribution in [2.75, 3.05) is 19.8 Å². The molecule has 2 unspecified atom stereocenters. The van der Waals surface area contributed by atoms with Gasteiger partial charge in [0.15, 0.2) is 0 Å². The fourth-order valence-corrected chi connectivity index (χ4v) is 2.02. The van der Waals surface area contributed by atoms with Gasteiger partial charge in [0.05, 0.1) is 26.1 Å². The molecule has 1 saturated heterocycles. The van der Waals surface area contributed by atoms with E-state index in [2.05, 4.69) is 0 Å². The van der Waals surface area contributed by atoms with E-state index in [-0.39, 0.29) is 12.2 Å². The van der Waals surface area contributed by atoms with Gasteiger partial charge < -0.3 is 14.2 Å². The van der Waals surface area contributed by atoms with Gasteiger partial charge in [-0.15, -0.1) is 0 Å². The van der Waals surface area contributed by atoms with Gasteiger partial charge in [0.1, 0.15) is 12.2 Å². The van der Waals surface area contributed by atoms with Gasteiger partial charge >= 0.3 is 0 Å². The normalized spacial score (nSPS) is 28.9. The predicted molar refractivity (Wildman–Crippen MR) is 57.7 cm³/mol. The van der Waals surface area contributed by atoms with Gasteiger partial charge in [0.2, 0.25) is 0 Å². The molecule has 0 spiro atoms. The standard InChI is InChI=1S/C12H20O3/c1-10(12-9-13-6-7-14-12)15-8-11-4-2-3-5-11/h8,10,12H,2-7,9H2,1H3. The summed E-state index contributed by atoms with van der Waals surface area (Å²) in [7, 11) is 0. The second-order valence-electron chi connectivity index (χ2n) is 4.31. The Bertz CT molecular complexity index is 211. The molecule has 2 rings (SSSR count). The molecule has 0 bridgehead atoms. The van der Waals surface area contributed by atoms with E-state index in [9.17, 15) is 0 Å². The maximum Gasteiger partial charge on any atom is 0.123 e. The van der Waals surface area contributed by atoms with Crippen molar-refractivity contribution in [3.8, 4) is 0 Å². The lowest BCUT2D eigenvalue weighted by Gasteiger charge is -2.27. The largest absolute Gasteiger partial charge is 0.496 e. The van der Waals surface area contributed by atoms with E-state index in [4.69, 9.17) is 14.2 Å². The van der Waals surface area contributed by atoms with Gasteiger partial charge in [-0.05, 0) is 38.2 Å². The van der Waals surface area contributed by atoms with Crippen molar-refractivity contribution in [3.05, 3.63) is 11.8 Å². The summed E-state index contributed by atoms with van der Waals surface area (Å²) in [4.78, 5) is 0. The van der Waals surface area contributed by atoms with E-state index >= 15 is 0 Å². The summed E-state index contributed by atoms with van der Waals surface area (Å²) in [5.41, 5.74) is 1.44. The van der Waals surface area contributed by atoms with Crippen molar-refractivity contribution in [1.29, 1.82) is 0 Å². The van der Waals surface area contributed by atoms with Crippen LogP contribution in [0.15, 0.2) is 11.8 Å². The predicted octanol–water partition coefficient (Wildman–Crippen LogP) is 2.26. The molecule has 2 atom stereocenters. The summed E-state index contributed by atoms with van der Waals surface area (Å²) in [6.45, 7) is 4.11. The first-order valence-corrected chi connectivity index (χ1v) is 5.89. The molecule has 1 saturated carbocycles. The fourth-order valence-electron chi connectivity index (χ4n) is 2.02. The average molecular weight is 212 g/mol. The van der Waals surface area contributed by atoms with E-state index in [1.807, 2.05) is 13.2 Å². The Morgan fingerprint density at radius 2 is 2.13 bits per heavy atom. The third-order valence-corrected chi connectivity index (χ3v) is 3.06. The molecular formula is C12H20O3. The Labute approximate surface area is 91.4 Å². The molecule has 86 valence electrons. The minimum absolute atomic E-state index is 0.0944.